The number of benzene rings is 3. The molecule has 7 aliphatic rings. The number of hydrogen-bond acceptors (Lipinski definition) is 8. The maximum Gasteiger partial charge on any atom is 0.319 e. The molecule has 256 valence electrons. The van der Waals surface area contributed by atoms with Crippen molar-refractivity contribution in [3.8, 4) is 22.9 Å². The molecule has 0 radical (unpaired) electrons. The van der Waals surface area contributed by atoms with Crippen LogP contribution in [0.15, 0.2) is 30.3 Å². The van der Waals surface area contributed by atoms with Crippen LogP contribution in [0.5, 0.6) is 11.8 Å². The van der Waals surface area contributed by atoms with Gasteiger partial charge in [-0.1, -0.05) is 17.7 Å². The van der Waals surface area contributed by atoms with E-state index in [1.54, 1.807) is 18.2 Å². The molecule has 4 unspecified atom stereocenters. The zero-order chi connectivity index (χ0) is 33.0. The van der Waals surface area contributed by atoms with Gasteiger partial charge in [-0.3, -0.25) is 4.90 Å². The fourth-order valence-electron chi connectivity index (χ4n) is 9.87. The summed E-state index contributed by atoms with van der Waals surface area (Å²) in [5, 5.41) is 16.5. The zero-order valence-electron chi connectivity index (χ0n) is 27.4. The number of nitrogens with zero attached hydrogens (tertiary/aromatic N) is 4. The lowest BCUT2D eigenvalue weighted by Gasteiger charge is -2.62. The first kappa shape index (κ1) is 30.5. The highest BCUT2D eigenvalue weighted by Crippen LogP contribution is 2.67. The third kappa shape index (κ3) is 4.84. The van der Waals surface area contributed by atoms with Crippen molar-refractivity contribution >= 4 is 39.1 Å². The molecule has 3 aliphatic heterocycles. The monoisotopic (exact) mass is 687 g/mol. The molecule has 11 heteroatoms. The lowest BCUT2D eigenvalue weighted by Crippen LogP contribution is -2.57. The largest absolute Gasteiger partial charge is 0.508 e. The summed E-state index contributed by atoms with van der Waals surface area (Å²) in [7, 11) is 0. The zero-order valence-corrected chi connectivity index (χ0v) is 28.1. The lowest BCUT2D eigenvalue weighted by molar-refractivity contribution is -0.121. The summed E-state index contributed by atoms with van der Waals surface area (Å²) in [6.45, 7) is 4.47. The van der Waals surface area contributed by atoms with Crippen molar-refractivity contribution in [2.75, 3.05) is 44.3 Å². The molecular weight excluding hydrogens is 648 g/mol. The molecule has 4 aliphatic carbocycles. The molecule has 4 heterocycles. The van der Waals surface area contributed by atoms with Crippen LogP contribution < -0.4 is 15.0 Å². The molecule has 4 bridgehead atoms. The highest BCUT2D eigenvalue weighted by molar-refractivity contribution is 6.35. The minimum absolute atomic E-state index is 0.0367. The third-order valence-corrected chi connectivity index (χ3v) is 12.7. The van der Waals surface area contributed by atoms with Crippen molar-refractivity contribution in [2.24, 2.45) is 5.92 Å². The summed E-state index contributed by atoms with van der Waals surface area (Å²) in [6.07, 6.45) is 8.39. The van der Waals surface area contributed by atoms with Gasteiger partial charge < -0.3 is 24.8 Å². The van der Waals surface area contributed by atoms with Crippen molar-refractivity contribution in [1.29, 1.82) is 0 Å². The number of rotatable bonds is 8. The molecular formula is C38H40ClF2N5O3. The Morgan fingerprint density at radius 2 is 1.86 bits per heavy atom. The maximum absolute atomic E-state index is 17.3. The molecule has 4 saturated carbocycles. The van der Waals surface area contributed by atoms with E-state index in [0.29, 0.717) is 69.9 Å². The Morgan fingerprint density at radius 1 is 1.04 bits per heavy atom. The lowest BCUT2D eigenvalue weighted by atomic mass is 9.42. The van der Waals surface area contributed by atoms with Crippen LogP contribution in [-0.2, 0) is 10.2 Å². The number of fused-ring (bicyclic) bond motifs is 5. The van der Waals surface area contributed by atoms with Crippen molar-refractivity contribution in [2.45, 2.75) is 81.0 Å². The van der Waals surface area contributed by atoms with Crippen LogP contribution in [0.25, 0.3) is 32.8 Å². The van der Waals surface area contributed by atoms with Crippen LogP contribution in [0.3, 0.4) is 0 Å². The Labute approximate surface area is 288 Å². The fraction of sp³-hybridized carbons (Fsp3) is 0.526. The van der Waals surface area contributed by atoms with E-state index in [-0.39, 0.29) is 39.1 Å². The predicted molar refractivity (Wildman–Crippen MR) is 185 cm³/mol. The first-order chi connectivity index (χ1) is 23.8. The Bertz CT molecular complexity index is 1980. The number of halogens is 3. The van der Waals surface area contributed by atoms with E-state index >= 15 is 8.78 Å². The smallest absolute Gasteiger partial charge is 0.319 e. The average molecular weight is 688 g/mol. The van der Waals surface area contributed by atoms with Gasteiger partial charge >= 0.3 is 6.01 Å². The van der Waals surface area contributed by atoms with Crippen LogP contribution in [0.2, 0.25) is 5.02 Å². The summed E-state index contributed by atoms with van der Waals surface area (Å²) in [6, 6.07) is 9.28. The summed E-state index contributed by atoms with van der Waals surface area (Å²) in [5.41, 5.74) is 0.942. The molecule has 49 heavy (non-hydrogen) atoms. The molecule has 0 spiro atoms. The van der Waals surface area contributed by atoms with E-state index in [4.69, 9.17) is 26.1 Å². The van der Waals surface area contributed by atoms with E-state index in [1.165, 1.54) is 18.6 Å². The molecule has 2 N–H and O–H groups in total. The van der Waals surface area contributed by atoms with Crippen LogP contribution in [-0.4, -0.2) is 83.6 Å². The Morgan fingerprint density at radius 3 is 2.59 bits per heavy atom. The van der Waals surface area contributed by atoms with Gasteiger partial charge in [-0.2, -0.15) is 9.97 Å². The SMILES string of the molecule is Oc1cc(-c2c(Cl)cc3c(N4CC5CCC(C4)N5)nc(OCCCN4CCOC5CCC54)nc3c2F)c2c(C34CC(C3)C4)c(F)ccc2c1. The van der Waals surface area contributed by atoms with Gasteiger partial charge in [0.1, 0.15) is 22.9 Å². The molecule has 3 saturated heterocycles. The normalized spacial score (nSPS) is 30.2. The maximum atomic E-state index is 17.3. The Kier molecular flexibility index (Phi) is 7.07. The average Bonchev–Trinajstić information content (AvgIpc) is 3.36. The quantitative estimate of drug-likeness (QED) is 0.198. The van der Waals surface area contributed by atoms with Crippen molar-refractivity contribution in [3.63, 3.8) is 0 Å². The summed E-state index contributed by atoms with van der Waals surface area (Å²) in [5.74, 6) is 0.267. The van der Waals surface area contributed by atoms with E-state index in [2.05, 4.69) is 20.1 Å². The molecule has 8 nitrogen and oxygen atoms in total. The highest BCUT2D eigenvalue weighted by atomic mass is 35.5. The number of phenolic OH excluding ortho intramolecular Hbond substituents is 1. The number of nitrogens with one attached hydrogen (secondary N) is 1. The van der Waals surface area contributed by atoms with E-state index in [0.717, 1.165) is 77.7 Å². The molecule has 4 atom stereocenters. The van der Waals surface area contributed by atoms with Gasteiger partial charge in [0.15, 0.2) is 5.82 Å². The van der Waals surface area contributed by atoms with Gasteiger partial charge in [0.25, 0.3) is 0 Å². The second-order valence-electron chi connectivity index (χ2n) is 15.4. The molecule has 7 fully saturated rings. The number of ether oxygens (including phenoxy) is 2. The van der Waals surface area contributed by atoms with Crippen LogP contribution in [0, 0.1) is 17.6 Å². The Balaban J connectivity index is 1.06. The van der Waals surface area contributed by atoms with E-state index in [9.17, 15) is 5.11 Å². The Hall–Kier alpha value is -3.31. The minimum atomic E-state index is -0.627. The van der Waals surface area contributed by atoms with E-state index in [1.807, 2.05) is 0 Å². The number of anilines is 1. The van der Waals surface area contributed by atoms with Gasteiger partial charge in [0.2, 0.25) is 0 Å². The second-order valence-corrected chi connectivity index (χ2v) is 15.8. The van der Waals surface area contributed by atoms with Gasteiger partial charge in [-0.05, 0) is 103 Å². The molecule has 4 aromatic rings. The van der Waals surface area contributed by atoms with Crippen LogP contribution in [0.1, 0.15) is 56.9 Å². The van der Waals surface area contributed by atoms with Gasteiger partial charge in [0, 0.05) is 60.8 Å². The van der Waals surface area contributed by atoms with Gasteiger partial charge in [-0.15, -0.1) is 0 Å². The number of morpholine rings is 1. The topological polar surface area (TPSA) is 83.0 Å². The fourth-order valence-corrected chi connectivity index (χ4v) is 10.2. The second kappa shape index (κ2) is 11.4. The van der Waals surface area contributed by atoms with Crippen LogP contribution >= 0.6 is 11.6 Å². The summed E-state index contributed by atoms with van der Waals surface area (Å²) in [4.78, 5) is 14.3. The summed E-state index contributed by atoms with van der Waals surface area (Å²) < 4.78 is 45.1. The number of aromatic hydroxyl groups is 1. The van der Waals surface area contributed by atoms with Crippen molar-refractivity contribution in [3.05, 3.63) is 52.6 Å². The van der Waals surface area contributed by atoms with Gasteiger partial charge in [0.05, 0.1) is 24.3 Å². The molecule has 1 aromatic heterocycles. The number of piperazine rings is 1. The predicted octanol–water partition coefficient (Wildman–Crippen LogP) is 6.71. The summed E-state index contributed by atoms with van der Waals surface area (Å²) >= 11 is 7.04. The van der Waals surface area contributed by atoms with Crippen LogP contribution in [0.4, 0.5) is 14.6 Å². The van der Waals surface area contributed by atoms with Crippen molar-refractivity contribution < 1.29 is 23.4 Å². The number of aromatic nitrogens is 2. The molecule has 11 rings (SSSR count). The minimum Gasteiger partial charge on any atom is -0.508 e. The first-order valence-electron chi connectivity index (χ1n) is 18.0. The van der Waals surface area contributed by atoms with E-state index < -0.39 is 5.82 Å². The third-order valence-electron chi connectivity index (χ3n) is 12.4. The number of hydrogen-bond donors (Lipinski definition) is 2. The van der Waals surface area contributed by atoms with Crippen molar-refractivity contribution in [1.82, 2.24) is 20.2 Å². The standard InChI is InChI=1S/C38H40ClF2N5O3/c39-27-14-26-35(34(41)32(27)25-13-24(47)12-21-2-5-28(40)33(31(21)25)38-15-20(16-38)17-38)43-37(44-36(26)46-18-22-3-4-23(19-46)42-22)49-10-1-8-45-9-11-48-30-7-6-29(30)45/h2,5,12-14,20,22-23,29-30,42,47H,1,3-4,6-11,15-19H2. The van der Waals surface area contributed by atoms with Gasteiger partial charge in [-0.25, -0.2) is 8.78 Å². The highest BCUT2D eigenvalue weighted by Gasteiger charge is 2.59. The number of phenols is 1. The molecule has 3 aromatic carbocycles. The molecule has 0 amide bonds. The first-order valence-corrected chi connectivity index (χ1v) is 18.4.